The van der Waals surface area contributed by atoms with Gasteiger partial charge in [-0.15, -0.1) is 0 Å². The van der Waals surface area contributed by atoms with E-state index in [1.54, 1.807) is 7.11 Å². The van der Waals surface area contributed by atoms with Crippen LogP contribution in [0.15, 0.2) is 12.1 Å². The molecule has 1 N–H and O–H groups in total. The monoisotopic (exact) mass is 191 g/mol. The van der Waals surface area contributed by atoms with E-state index in [0.717, 1.165) is 31.7 Å². The molecule has 1 heterocycles. The summed E-state index contributed by atoms with van der Waals surface area (Å²) in [6.07, 6.45) is 2.20. The van der Waals surface area contributed by atoms with Crippen LogP contribution in [-0.2, 0) is 12.8 Å². The van der Waals surface area contributed by atoms with Crippen molar-refractivity contribution < 1.29 is 4.74 Å². The number of ether oxygens (including phenoxy) is 1. The largest absolute Gasteiger partial charge is 0.496 e. The molecule has 0 bridgehead atoms. The first-order valence-electron chi connectivity index (χ1n) is 5.19. The third-order valence-electron chi connectivity index (χ3n) is 2.88. The van der Waals surface area contributed by atoms with Gasteiger partial charge in [-0.05, 0) is 49.5 Å². The Morgan fingerprint density at radius 3 is 2.79 bits per heavy atom. The molecule has 2 rings (SSSR count). The molecule has 2 heteroatoms. The summed E-state index contributed by atoms with van der Waals surface area (Å²) in [6, 6.07) is 4.39. The molecule has 0 radical (unpaired) electrons. The number of benzene rings is 1. The van der Waals surface area contributed by atoms with Crippen LogP contribution in [0.25, 0.3) is 0 Å². The van der Waals surface area contributed by atoms with Crippen molar-refractivity contribution in [3.63, 3.8) is 0 Å². The van der Waals surface area contributed by atoms with Crippen molar-refractivity contribution in [3.05, 3.63) is 28.8 Å². The second-order valence-corrected chi connectivity index (χ2v) is 3.80. The van der Waals surface area contributed by atoms with E-state index in [1.165, 1.54) is 16.7 Å². The Labute approximate surface area is 85.3 Å². The molecule has 0 unspecified atom stereocenters. The third kappa shape index (κ3) is 1.62. The van der Waals surface area contributed by atoms with E-state index < -0.39 is 0 Å². The molecule has 0 spiro atoms. The van der Waals surface area contributed by atoms with E-state index >= 15 is 0 Å². The van der Waals surface area contributed by atoms with Crippen LogP contribution in [0.5, 0.6) is 5.75 Å². The normalized spacial score (nSPS) is 15.9. The number of nitrogens with one attached hydrogen (secondary N) is 1. The van der Waals surface area contributed by atoms with Crippen LogP contribution in [-0.4, -0.2) is 20.2 Å². The standard InChI is InChI=1S/C12H17NO/c1-9-3-4-10-5-7-13-8-6-11(10)12(9)14-2/h3-4,13H,5-8H2,1-2H3. The van der Waals surface area contributed by atoms with Crippen molar-refractivity contribution in [2.24, 2.45) is 0 Å². The first-order valence-corrected chi connectivity index (χ1v) is 5.19. The molecule has 0 fully saturated rings. The molecule has 2 nitrogen and oxygen atoms in total. The molecule has 0 aliphatic carbocycles. The summed E-state index contributed by atoms with van der Waals surface area (Å²) >= 11 is 0. The first kappa shape index (κ1) is 9.53. The van der Waals surface area contributed by atoms with Crippen molar-refractivity contribution in [1.82, 2.24) is 5.32 Å². The van der Waals surface area contributed by atoms with Gasteiger partial charge >= 0.3 is 0 Å². The van der Waals surface area contributed by atoms with Crippen LogP contribution in [0.3, 0.4) is 0 Å². The topological polar surface area (TPSA) is 21.3 Å². The molecule has 76 valence electrons. The molecule has 1 aromatic rings. The summed E-state index contributed by atoms with van der Waals surface area (Å²) in [6.45, 7) is 4.25. The van der Waals surface area contributed by atoms with Gasteiger partial charge in [-0.2, -0.15) is 0 Å². The number of rotatable bonds is 1. The maximum atomic E-state index is 5.47. The van der Waals surface area contributed by atoms with E-state index in [9.17, 15) is 0 Å². The Hall–Kier alpha value is -1.02. The van der Waals surface area contributed by atoms with Crippen molar-refractivity contribution in [2.75, 3.05) is 20.2 Å². The summed E-state index contributed by atoms with van der Waals surface area (Å²) < 4.78 is 5.47. The average Bonchev–Trinajstić information content (AvgIpc) is 2.42. The Bertz CT molecular complexity index is 333. The minimum absolute atomic E-state index is 1.06. The van der Waals surface area contributed by atoms with Crippen LogP contribution in [0.2, 0.25) is 0 Å². The summed E-state index contributed by atoms with van der Waals surface area (Å²) in [7, 11) is 1.76. The van der Waals surface area contributed by atoms with Gasteiger partial charge in [0.1, 0.15) is 5.75 Å². The lowest BCUT2D eigenvalue weighted by Crippen LogP contribution is -2.16. The maximum Gasteiger partial charge on any atom is 0.125 e. The minimum atomic E-state index is 1.06. The molecule has 0 aromatic heterocycles. The van der Waals surface area contributed by atoms with Crippen LogP contribution >= 0.6 is 0 Å². The Kier molecular flexibility index (Phi) is 2.73. The minimum Gasteiger partial charge on any atom is -0.496 e. The van der Waals surface area contributed by atoms with Crippen molar-refractivity contribution in [3.8, 4) is 5.75 Å². The highest BCUT2D eigenvalue weighted by Gasteiger charge is 2.13. The van der Waals surface area contributed by atoms with Crippen molar-refractivity contribution >= 4 is 0 Å². The number of methoxy groups -OCH3 is 1. The van der Waals surface area contributed by atoms with Gasteiger partial charge in [-0.3, -0.25) is 0 Å². The van der Waals surface area contributed by atoms with E-state index in [2.05, 4.69) is 24.4 Å². The first-order chi connectivity index (χ1) is 6.83. The summed E-state index contributed by atoms with van der Waals surface area (Å²) in [5.41, 5.74) is 4.09. The molecule has 0 atom stereocenters. The number of hydrogen-bond acceptors (Lipinski definition) is 2. The van der Waals surface area contributed by atoms with E-state index in [-0.39, 0.29) is 0 Å². The predicted molar refractivity (Wildman–Crippen MR) is 58.0 cm³/mol. The zero-order chi connectivity index (χ0) is 9.97. The lowest BCUT2D eigenvalue weighted by Gasteiger charge is -2.13. The highest BCUT2D eigenvalue weighted by Crippen LogP contribution is 2.28. The number of aryl methyl sites for hydroxylation is 1. The number of fused-ring (bicyclic) bond motifs is 1. The fourth-order valence-electron chi connectivity index (χ4n) is 2.14. The Morgan fingerprint density at radius 1 is 1.21 bits per heavy atom. The van der Waals surface area contributed by atoms with Gasteiger partial charge in [0, 0.05) is 0 Å². The van der Waals surface area contributed by atoms with Gasteiger partial charge in [0.05, 0.1) is 7.11 Å². The van der Waals surface area contributed by atoms with Crippen LogP contribution < -0.4 is 10.1 Å². The van der Waals surface area contributed by atoms with Gasteiger partial charge in [0.25, 0.3) is 0 Å². The van der Waals surface area contributed by atoms with Gasteiger partial charge in [-0.1, -0.05) is 12.1 Å². The SMILES string of the molecule is COc1c(C)ccc2c1CCNCC2. The lowest BCUT2D eigenvalue weighted by atomic mass is 9.99. The number of hydrogen-bond donors (Lipinski definition) is 1. The maximum absolute atomic E-state index is 5.47. The molecule has 14 heavy (non-hydrogen) atoms. The molecule has 0 saturated carbocycles. The van der Waals surface area contributed by atoms with E-state index in [0.29, 0.717) is 0 Å². The zero-order valence-electron chi connectivity index (χ0n) is 8.89. The highest BCUT2D eigenvalue weighted by molar-refractivity contribution is 5.46. The Morgan fingerprint density at radius 2 is 2.00 bits per heavy atom. The van der Waals surface area contributed by atoms with Gasteiger partial charge in [-0.25, -0.2) is 0 Å². The second kappa shape index (κ2) is 4.01. The summed E-state index contributed by atoms with van der Waals surface area (Å²) in [5.74, 6) is 1.09. The quantitative estimate of drug-likeness (QED) is 0.729. The van der Waals surface area contributed by atoms with Crippen LogP contribution in [0.1, 0.15) is 16.7 Å². The van der Waals surface area contributed by atoms with Gasteiger partial charge < -0.3 is 10.1 Å². The summed E-state index contributed by atoms with van der Waals surface area (Å²) in [5, 5.41) is 3.41. The van der Waals surface area contributed by atoms with Gasteiger partial charge in [0.2, 0.25) is 0 Å². The molecule has 1 aliphatic heterocycles. The van der Waals surface area contributed by atoms with E-state index in [4.69, 9.17) is 4.74 Å². The summed E-state index contributed by atoms with van der Waals surface area (Å²) in [4.78, 5) is 0. The predicted octanol–water partition coefficient (Wildman–Crippen LogP) is 1.69. The average molecular weight is 191 g/mol. The Balaban J connectivity index is 2.48. The zero-order valence-corrected chi connectivity index (χ0v) is 8.89. The van der Waals surface area contributed by atoms with Crippen LogP contribution in [0, 0.1) is 6.92 Å². The fourth-order valence-corrected chi connectivity index (χ4v) is 2.14. The molecule has 0 amide bonds. The molecular weight excluding hydrogens is 174 g/mol. The molecule has 1 aliphatic rings. The smallest absolute Gasteiger partial charge is 0.125 e. The second-order valence-electron chi connectivity index (χ2n) is 3.80. The fraction of sp³-hybridized carbons (Fsp3) is 0.500. The van der Waals surface area contributed by atoms with Crippen molar-refractivity contribution in [2.45, 2.75) is 19.8 Å². The van der Waals surface area contributed by atoms with Gasteiger partial charge in [0.15, 0.2) is 0 Å². The molecule has 0 saturated heterocycles. The highest BCUT2D eigenvalue weighted by atomic mass is 16.5. The third-order valence-corrected chi connectivity index (χ3v) is 2.88. The van der Waals surface area contributed by atoms with E-state index in [1.807, 2.05) is 0 Å². The lowest BCUT2D eigenvalue weighted by molar-refractivity contribution is 0.406. The molecule has 1 aromatic carbocycles. The van der Waals surface area contributed by atoms with Crippen LogP contribution in [0.4, 0.5) is 0 Å². The van der Waals surface area contributed by atoms with Crippen molar-refractivity contribution in [1.29, 1.82) is 0 Å². The molecular formula is C12H17NO.